The van der Waals surface area contributed by atoms with Crippen molar-refractivity contribution in [2.24, 2.45) is 11.7 Å². The Morgan fingerprint density at radius 3 is 2.94 bits per heavy atom. The lowest BCUT2D eigenvalue weighted by Crippen LogP contribution is -2.20. The first-order valence-corrected chi connectivity index (χ1v) is 5.81. The zero-order chi connectivity index (χ0) is 11.2. The Bertz CT molecular complexity index is 305. The number of hydrogen-bond donors (Lipinski definition) is 1. The maximum absolute atomic E-state index is 5.69. The molecule has 1 saturated heterocycles. The SMILES string of the molecule is NCc1occc1COCC1CCOCC1. The van der Waals surface area contributed by atoms with Gasteiger partial charge in [0.1, 0.15) is 5.76 Å². The summed E-state index contributed by atoms with van der Waals surface area (Å²) in [6.45, 7) is 3.57. The highest BCUT2D eigenvalue weighted by Crippen LogP contribution is 2.16. The van der Waals surface area contributed by atoms with Crippen molar-refractivity contribution in [3.63, 3.8) is 0 Å². The average Bonchev–Trinajstić information content (AvgIpc) is 2.78. The number of nitrogens with two attached hydrogens (primary N) is 1. The molecule has 1 aromatic heterocycles. The minimum atomic E-state index is 0.433. The third-order valence-corrected chi connectivity index (χ3v) is 2.98. The molecule has 4 nitrogen and oxygen atoms in total. The fourth-order valence-electron chi connectivity index (χ4n) is 1.92. The molecule has 1 aliphatic rings. The molecular formula is C12H19NO3. The van der Waals surface area contributed by atoms with Gasteiger partial charge in [0, 0.05) is 18.8 Å². The van der Waals surface area contributed by atoms with Crippen LogP contribution in [0.2, 0.25) is 0 Å². The molecule has 2 rings (SSSR count). The van der Waals surface area contributed by atoms with Crippen LogP contribution >= 0.6 is 0 Å². The first-order valence-electron chi connectivity index (χ1n) is 5.81. The maximum atomic E-state index is 5.69. The van der Waals surface area contributed by atoms with Gasteiger partial charge in [-0.2, -0.15) is 0 Å². The summed E-state index contributed by atoms with van der Waals surface area (Å²) in [6.07, 6.45) is 3.87. The van der Waals surface area contributed by atoms with E-state index in [1.165, 1.54) is 0 Å². The molecular weight excluding hydrogens is 206 g/mol. The summed E-state index contributed by atoms with van der Waals surface area (Å²) >= 11 is 0. The van der Waals surface area contributed by atoms with Crippen LogP contribution in [0.1, 0.15) is 24.2 Å². The molecule has 0 spiro atoms. The Balaban J connectivity index is 1.71. The highest BCUT2D eigenvalue weighted by molar-refractivity contribution is 5.15. The van der Waals surface area contributed by atoms with Crippen LogP contribution in [-0.2, 0) is 22.6 Å². The smallest absolute Gasteiger partial charge is 0.122 e. The Labute approximate surface area is 95.7 Å². The molecule has 0 aliphatic carbocycles. The number of hydrogen-bond acceptors (Lipinski definition) is 4. The lowest BCUT2D eigenvalue weighted by atomic mass is 10.0. The predicted molar refractivity (Wildman–Crippen MR) is 59.8 cm³/mol. The van der Waals surface area contributed by atoms with E-state index in [0.717, 1.165) is 44.0 Å². The van der Waals surface area contributed by atoms with Gasteiger partial charge in [-0.1, -0.05) is 0 Å². The molecule has 1 aliphatic heterocycles. The van der Waals surface area contributed by atoms with Crippen LogP contribution in [0.25, 0.3) is 0 Å². The van der Waals surface area contributed by atoms with E-state index in [-0.39, 0.29) is 0 Å². The quantitative estimate of drug-likeness (QED) is 0.828. The van der Waals surface area contributed by atoms with Crippen LogP contribution in [-0.4, -0.2) is 19.8 Å². The first kappa shape index (κ1) is 11.6. The molecule has 0 bridgehead atoms. The van der Waals surface area contributed by atoms with Gasteiger partial charge in [0.15, 0.2) is 0 Å². The van der Waals surface area contributed by atoms with E-state index >= 15 is 0 Å². The third-order valence-electron chi connectivity index (χ3n) is 2.98. The van der Waals surface area contributed by atoms with E-state index in [1.807, 2.05) is 6.07 Å². The van der Waals surface area contributed by atoms with Gasteiger partial charge in [-0.25, -0.2) is 0 Å². The molecule has 2 heterocycles. The fourth-order valence-corrected chi connectivity index (χ4v) is 1.92. The van der Waals surface area contributed by atoms with Crippen molar-refractivity contribution in [2.75, 3.05) is 19.8 Å². The summed E-state index contributed by atoms with van der Waals surface area (Å²) in [6, 6.07) is 1.92. The summed E-state index contributed by atoms with van der Waals surface area (Å²) in [4.78, 5) is 0. The Morgan fingerprint density at radius 1 is 1.38 bits per heavy atom. The van der Waals surface area contributed by atoms with Gasteiger partial charge in [-0.3, -0.25) is 0 Å². The molecule has 0 saturated carbocycles. The Hall–Kier alpha value is -0.840. The topological polar surface area (TPSA) is 57.6 Å². The monoisotopic (exact) mass is 225 g/mol. The van der Waals surface area contributed by atoms with E-state index in [4.69, 9.17) is 19.6 Å². The van der Waals surface area contributed by atoms with E-state index in [9.17, 15) is 0 Å². The third kappa shape index (κ3) is 3.07. The summed E-state index contributed by atoms with van der Waals surface area (Å²) in [5.74, 6) is 1.47. The van der Waals surface area contributed by atoms with Gasteiger partial charge in [0.2, 0.25) is 0 Å². The minimum absolute atomic E-state index is 0.433. The zero-order valence-electron chi connectivity index (χ0n) is 9.48. The number of ether oxygens (including phenoxy) is 2. The van der Waals surface area contributed by atoms with Crippen molar-refractivity contribution in [3.8, 4) is 0 Å². The van der Waals surface area contributed by atoms with Gasteiger partial charge in [0.25, 0.3) is 0 Å². The summed E-state index contributed by atoms with van der Waals surface area (Å²) in [5.41, 5.74) is 6.61. The summed E-state index contributed by atoms with van der Waals surface area (Å²) in [7, 11) is 0. The normalized spacial score (nSPS) is 17.8. The van der Waals surface area contributed by atoms with Crippen molar-refractivity contribution in [1.29, 1.82) is 0 Å². The maximum Gasteiger partial charge on any atom is 0.122 e. The lowest BCUT2D eigenvalue weighted by Gasteiger charge is -2.21. The van der Waals surface area contributed by atoms with E-state index in [0.29, 0.717) is 19.1 Å². The van der Waals surface area contributed by atoms with Crippen molar-refractivity contribution in [3.05, 3.63) is 23.7 Å². The van der Waals surface area contributed by atoms with Crippen molar-refractivity contribution in [1.82, 2.24) is 0 Å². The van der Waals surface area contributed by atoms with Crippen molar-refractivity contribution < 1.29 is 13.9 Å². The Kier molecular flexibility index (Phi) is 4.39. The molecule has 1 fully saturated rings. The van der Waals surface area contributed by atoms with Crippen LogP contribution in [0.4, 0.5) is 0 Å². The second-order valence-corrected chi connectivity index (χ2v) is 4.14. The largest absolute Gasteiger partial charge is 0.468 e. The number of furan rings is 1. The van der Waals surface area contributed by atoms with Gasteiger partial charge in [-0.15, -0.1) is 0 Å². The number of rotatable bonds is 5. The molecule has 2 N–H and O–H groups in total. The highest BCUT2D eigenvalue weighted by atomic mass is 16.5. The van der Waals surface area contributed by atoms with Crippen molar-refractivity contribution in [2.45, 2.75) is 26.0 Å². The lowest BCUT2D eigenvalue weighted by molar-refractivity contribution is 0.0154. The van der Waals surface area contributed by atoms with Crippen LogP contribution in [0.5, 0.6) is 0 Å². The van der Waals surface area contributed by atoms with Gasteiger partial charge >= 0.3 is 0 Å². The van der Waals surface area contributed by atoms with E-state index in [2.05, 4.69) is 0 Å². The zero-order valence-corrected chi connectivity index (χ0v) is 9.48. The van der Waals surface area contributed by atoms with Crippen molar-refractivity contribution >= 4 is 0 Å². The molecule has 4 heteroatoms. The second kappa shape index (κ2) is 6.03. The molecule has 1 aromatic rings. The first-order chi connectivity index (χ1) is 7.90. The van der Waals surface area contributed by atoms with Crippen LogP contribution < -0.4 is 5.73 Å². The van der Waals surface area contributed by atoms with Crippen LogP contribution in [0, 0.1) is 5.92 Å². The average molecular weight is 225 g/mol. The van der Waals surface area contributed by atoms with Gasteiger partial charge < -0.3 is 19.6 Å². The summed E-state index contributed by atoms with van der Waals surface area (Å²) in [5, 5.41) is 0. The highest BCUT2D eigenvalue weighted by Gasteiger charge is 2.14. The molecule has 90 valence electrons. The van der Waals surface area contributed by atoms with Crippen LogP contribution in [0.3, 0.4) is 0 Å². The van der Waals surface area contributed by atoms with Crippen LogP contribution in [0.15, 0.2) is 16.7 Å². The summed E-state index contributed by atoms with van der Waals surface area (Å²) < 4.78 is 16.2. The molecule has 0 unspecified atom stereocenters. The molecule has 0 radical (unpaired) electrons. The van der Waals surface area contributed by atoms with Gasteiger partial charge in [0.05, 0.1) is 26.0 Å². The Morgan fingerprint density at radius 2 is 2.19 bits per heavy atom. The van der Waals surface area contributed by atoms with Gasteiger partial charge in [-0.05, 0) is 24.8 Å². The molecule has 16 heavy (non-hydrogen) atoms. The standard InChI is InChI=1S/C12H19NO3/c13-7-12-11(3-6-16-12)9-15-8-10-1-4-14-5-2-10/h3,6,10H,1-2,4-5,7-9,13H2. The predicted octanol–water partition coefficient (Wildman–Crippen LogP) is 1.68. The molecule has 0 atom stereocenters. The minimum Gasteiger partial charge on any atom is -0.468 e. The van der Waals surface area contributed by atoms with E-state index in [1.54, 1.807) is 6.26 Å². The molecule has 0 aromatic carbocycles. The fraction of sp³-hybridized carbons (Fsp3) is 0.667. The van der Waals surface area contributed by atoms with E-state index < -0.39 is 0 Å². The second-order valence-electron chi connectivity index (χ2n) is 4.14. The molecule has 0 amide bonds.